The van der Waals surface area contributed by atoms with Gasteiger partial charge >= 0.3 is 0 Å². The van der Waals surface area contributed by atoms with Crippen LogP contribution in [-0.2, 0) is 9.47 Å². The van der Waals surface area contributed by atoms with Crippen LogP contribution in [0.5, 0.6) is 0 Å². The van der Waals surface area contributed by atoms with Crippen LogP contribution >= 0.6 is 0 Å². The van der Waals surface area contributed by atoms with Gasteiger partial charge in [0.2, 0.25) is 0 Å². The van der Waals surface area contributed by atoms with E-state index >= 15 is 0 Å². The Hall–Kier alpha value is -0.120. The van der Waals surface area contributed by atoms with Gasteiger partial charge in [-0.05, 0) is 39.7 Å². The fraction of sp³-hybridized carbons (Fsp3) is 1.00. The number of ether oxygens (including phenoxy) is 2. The summed E-state index contributed by atoms with van der Waals surface area (Å²) in [5.74, 6) is 0. The highest BCUT2D eigenvalue weighted by Gasteiger charge is 2.35. The summed E-state index contributed by atoms with van der Waals surface area (Å²) in [6.07, 6.45) is 3.77. The first-order valence-corrected chi connectivity index (χ1v) is 5.54. The molecule has 0 bridgehead atoms. The molecular weight excluding hydrogens is 178 g/mol. The summed E-state index contributed by atoms with van der Waals surface area (Å²) in [6, 6.07) is 0. The van der Waals surface area contributed by atoms with E-state index in [0.29, 0.717) is 6.10 Å². The highest BCUT2D eigenvalue weighted by molar-refractivity contribution is 4.93. The number of hydrogen-bond donors (Lipinski definition) is 1. The largest absolute Gasteiger partial charge is 0.385 e. The Morgan fingerprint density at radius 3 is 2.86 bits per heavy atom. The first kappa shape index (κ1) is 12.0. The standard InChI is InChI=1S/C11H23NO2/c1-10-11(2,6-9-14-10)12-7-4-5-8-13-3/h10,12H,4-9H2,1-3H3. The molecule has 2 unspecified atom stereocenters. The molecule has 2 atom stereocenters. The molecule has 0 aromatic carbocycles. The van der Waals surface area contributed by atoms with Crippen molar-refractivity contribution >= 4 is 0 Å². The van der Waals surface area contributed by atoms with Gasteiger partial charge in [0.15, 0.2) is 0 Å². The van der Waals surface area contributed by atoms with Crippen molar-refractivity contribution < 1.29 is 9.47 Å². The second-order valence-electron chi connectivity index (χ2n) is 4.31. The summed E-state index contributed by atoms with van der Waals surface area (Å²) in [6.45, 7) is 7.22. The predicted molar refractivity (Wildman–Crippen MR) is 57.5 cm³/mol. The van der Waals surface area contributed by atoms with Gasteiger partial charge in [-0.25, -0.2) is 0 Å². The molecule has 0 aromatic rings. The van der Waals surface area contributed by atoms with Crippen LogP contribution in [0.15, 0.2) is 0 Å². The van der Waals surface area contributed by atoms with Gasteiger partial charge in [0.25, 0.3) is 0 Å². The molecule has 0 radical (unpaired) electrons. The SMILES string of the molecule is COCCCCNC1(C)CCOC1C. The fourth-order valence-electron chi connectivity index (χ4n) is 1.81. The Kier molecular flexibility index (Phi) is 4.85. The summed E-state index contributed by atoms with van der Waals surface area (Å²) >= 11 is 0. The van der Waals surface area contributed by atoms with Crippen molar-refractivity contribution in [3.63, 3.8) is 0 Å². The van der Waals surface area contributed by atoms with Gasteiger partial charge in [-0.1, -0.05) is 0 Å². The normalized spacial score (nSPS) is 32.4. The Bertz CT molecular complexity index is 163. The maximum absolute atomic E-state index is 5.56. The van der Waals surface area contributed by atoms with Crippen molar-refractivity contribution in [2.45, 2.75) is 44.8 Å². The number of methoxy groups -OCH3 is 1. The molecule has 0 aliphatic carbocycles. The minimum atomic E-state index is 0.188. The van der Waals surface area contributed by atoms with Crippen LogP contribution in [0.25, 0.3) is 0 Å². The van der Waals surface area contributed by atoms with Crippen LogP contribution in [0.4, 0.5) is 0 Å². The topological polar surface area (TPSA) is 30.5 Å². The molecule has 1 aliphatic heterocycles. The monoisotopic (exact) mass is 201 g/mol. The molecule has 1 rings (SSSR count). The summed E-state index contributed by atoms with van der Waals surface area (Å²) in [4.78, 5) is 0. The number of nitrogens with one attached hydrogen (secondary N) is 1. The van der Waals surface area contributed by atoms with E-state index < -0.39 is 0 Å². The molecule has 84 valence electrons. The van der Waals surface area contributed by atoms with Crippen LogP contribution in [0.2, 0.25) is 0 Å². The van der Waals surface area contributed by atoms with Crippen molar-refractivity contribution in [1.29, 1.82) is 0 Å². The van der Waals surface area contributed by atoms with Crippen molar-refractivity contribution in [3.05, 3.63) is 0 Å². The van der Waals surface area contributed by atoms with Gasteiger partial charge in [0.05, 0.1) is 6.10 Å². The lowest BCUT2D eigenvalue weighted by Crippen LogP contribution is -2.48. The highest BCUT2D eigenvalue weighted by atomic mass is 16.5. The quantitative estimate of drug-likeness (QED) is 0.662. The molecule has 3 heteroatoms. The Balaban J connectivity index is 2.10. The van der Waals surface area contributed by atoms with Crippen LogP contribution in [0, 0.1) is 0 Å². The van der Waals surface area contributed by atoms with E-state index in [9.17, 15) is 0 Å². The van der Waals surface area contributed by atoms with E-state index in [2.05, 4.69) is 19.2 Å². The van der Waals surface area contributed by atoms with Gasteiger partial charge in [0, 0.05) is 25.9 Å². The predicted octanol–water partition coefficient (Wildman–Crippen LogP) is 1.57. The minimum Gasteiger partial charge on any atom is -0.385 e. The summed E-state index contributed by atoms with van der Waals surface area (Å²) < 4.78 is 10.6. The zero-order valence-corrected chi connectivity index (χ0v) is 9.64. The fourth-order valence-corrected chi connectivity index (χ4v) is 1.81. The van der Waals surface area contributed by atoms with E-state index in [-0.39, 0.29) is 5.54 Å². The molecule has 1 N–H and O–H groups in total. The van der Waals surface area contributed by atoms with Crippen molar-refractivity contribution in [2.75, 3.05) is 26.9 Å². The van der Waals surface area contributed by atoms with E-state index in [1.807, 2.05) is 0 Å². The van der Waals surface area contributed by atoms with Gasteiger partial charge < -0.3 is 14.8 Å². The average molecular weight is 201 g/mol. The molecule has 1 saturated heterocycles. The summed E-state index contributed by atoms with van der Waals surface area (Å²) in [5.41, 5.74) is 0.188. The molecule has 0 saturated carbocycles. The Morgan fingerprint density at radius 2 is 2.29 bits per heavy atom. The molecule has 3 nitrogen and oxygen atoms in total. The first-order chi connectivity index (χ1) is 6.69. The Morgan fingerprint density at radius 1 is 1.50 bits per heavy atom. The van der Waals surface area contributed by atoms with Gasteiger partial charge in [0.1, 0.15) is 0 Å². The third-order valence-corrected chi connectivity index (χ3v) is 3.19. The molecule has 0 spiro atoms. The lowest BCUT2D eigenvalue weighted by atomic mass is 9.94. The number of hydrogen-bond acceptors (Lipinski definition) is 3. The van der Waals surface area contributed by atoms with Gasteiger partial charge in [-0.2, -0.15) is 0 Å². The van der Waals surface area contributed by atoms with Crippen LogP contribution < -0.4 is 5.32 Å². The number of unbranched alkanes of at least 4 members (excludes halogenated alkanes) is 1. The van der Waals surface area contributed by atoms with E-state index in [1.54, 1.807) is 7.11 Å². The highest BCUT2D eigenvalue weighted by Crippen LogP contribution is 2.24. The van der Waals surface area contributed by atoms with E-state index in [0.717, 1.165) is 32.6 Å². The van der Waals surface area contributed by atoms with Crippen molar-refractivity contribution in [3.8, 4) is 0 Å². The zero-order chi connectivity index (χ0) is 10.4. The van der Waals surface area contributed by atoms with Crippen molar-refractivity contribution in [2.24, 2.45) is 0 Å². The molecule has 0 amide bonds. The Labute approximate surface area is 87.2 Å². The van der Waals surface area contributed by atoms with Gasteiger partial charge in [-0.3, -0.25) is 0 Å². The third-order valence-electron chi connectivity index (χ3n) is 3.19. The molecule has 1 heterocycles. The smallest absolute Gasteiger partial charge is 0.0726 e. The molecular formula is C11H23NO2. The summed E-state index contributed by atoms with van der Waals surface area (Å²) in [7, 11) is 1.75. The van der Waals surface area contributed by atoms with E-state index in [4.69, 9.17) is 9.47 Å². The molecule has 14 heavy (non-hydrogen) atoms. The lowest BCUT2D eigenvalue weighted by Gasteiger charge is -2.29. The van der Waals surface area contributed by atoms with E-state index in [1.165, 1.54) is 6.42 Å². The maximum Gasteiger partial charge on any atom is 0.0726 e. The van der Waals surface area contributed by atoms with Crippen molar-refractivity contribution in [1.82, 2.24) is 5.32 Å². The maximum atomic E-state index is 5.56. The molecule has 0 aromatic heterocycles. The summed E-state index contributed by atoms with van der Waals surface area (Å²) in [5, 5.41) is 3.59. The molecule has 1 aliphatic rings. The van der Waals surface area contributed by atoms with Gasteiger partial charge in [-0.15, -0.1) is 0 Å². The van der Waals surface area contributed by atoms with Crippen LogP contribution in [0.3, 0.4) is 0 Å². The lowest BCUT2D eigenvalue weighted by molar-refractivity contribution is 0.0883. The first-order valence-electron chi connectivity index (χ1n) is 5.54. The molecule has 1 fully saturated rings. The van der Waals surface area contributed by atoms with Crippen LogP contribution in [0.1, 0.15) is 33.1 Å². The number of rotatable bonds is 6. The minimum absolute atomic E-state index is 0.188. The zero-order valence-electron chi connectivity index (χ0n) is 9.64. The second kappa shape index (κ2) is 5.69. The average Bonchev–Trinajstić information content (AvgIpc) is 2.47. The van der Waals surface area contributed by atoms with Crippen LogP contribution in [-0.4, -0.2) is 38.5 Å². The third kappa shape index (κ3) is 3.23. The second-order valence-corrected chi connectivity index (χ2v) is 4.31.